The van der Waals surface area contributed by atoms with E-state index in [0.29, 0.717) is 16.5 Å². The summed E-state index contributed by atoms with van der Waals surface area (Å²) in [5.74, 6) is 0.0890. The largest absolute Gasteiger partial charge is 0.371 e. The smallest absolute Gasteiger partial charge is 0.259 e. The predicted octanol–water partition coefficient (Wildman–Crippen LogP) is 1.60. The first-order valence-electron chi connectivity index (χ1n) is 5.57. The summed E-state index contributed by atoms with van der Waals surface area (Å²) in [4.78, 5) is 17.4. The molecular weight excluding hydrogens is 290 g/mol. The van der Waals surface area contributed by atoms with Crippen LogP contribution in [-0.2, 0) is 15.1 Å². The van der Waals surface area contributed by atoms with Gasteiger partial charge in [-0.3, -0.25) is 9.69 Å². The van der Waals surface area contributed by atoms with E-state index in [4.69, 9.17) is 16.3 Å². The zero-order valence-corrected chi connectivity index (χ0v) is 12.5. The number of carbonyl (C=O) groups excluding carboxylic acids is 1. The number of methoxy groups -OCH3 is 1. The van der Waals surface area contributed by atoms with Crippen LogP contribution in [0, 0.1) is 0 Å². The lowest BCUT2D eigenvalue weighted by atomic mass is 10.1. The van der Waals surface area contributed by atoms with Gasteiger partial charge in [-0.25, -0.2) is 0 Å². The summed E-state index contributed by atoms with van der Waals surface area (Å²) in [7, 11) is 1.55. The second-order valence-corrected chi connectivity index (χ2v) is 5.77. The zero-order chi connectivity index (χ0) is 14.4. The molecule has 0 aliphatic carbocycles. The van der Waals surface area contributed by atoms with Gasteiger partial charge in [0.1, 0.15) is 5.60 Å². The lowest BCUT2D eigenvalue weighted by Gasteiger charge is -2.19. The number of hydrogen-bond donors (Lipinski definition) is 1. The molecule has 1 aromatic rings. The Morgan fingerprint density at radius 1 is 1.53 bits per heavy atom. The number of hydrogen-bond acceptors (Lipinski definition) is 6. The molecule has 104 valence electrons. The average molecular weight is 304 g/mol. The monoisotopic (exact) mass is 303 g/mol. The molecule has 1 aliphatic heterocycles. The van der Waals surface area contributed by atoms with E-state index in [1.54, 1.807) is 14.0 Å². The summed E-state index contributed by atoms with van der Waals surface area (Å²) in [5, 5.41) is 10.4. The van der Waals surface area contributed by atoms with Crippen molar-refractivity contribution >= 4 is 34.2 Å². The molecule has 6 nitrogen and oxygen atoms in total. The summed E-state index contributed by atoms with van der Waals surface area (Å²) in [6.07, 6.45) is -1.19. The first-order chi connectivity index (χ1) is 8.79. The van der Waals surface area contributed by atoms with Crippen molar-refractivity contribution in [1.82, 2.24) is 9.36 Å². The van der Waals surface area contributed by atoms with Crippen LogP contribution in [0.15, 0.2) is 10.6 Å². The molecule has 0 spiro atoms. The first kappa shape index (κ1) is 14.4. The maximum absolute atomic E-state index is 12.0. The van der Waals surface area contributed by atoms with Crippen molar-refractivity contribution in [3.05, 3.63) is 16.4 Å². The molecule has 1 unspecified atom stereocenters. The minimum absolute atomic E-state index is 0.118. The van der Waals surface area contributed by atoms with Crippen LogP contribution < -0.4 is 4.90 Å². The maximum atomic E-state index is 12.0. The van der Waals surface area contributed by atoms with Gasteiger partial charge in [-0.05, 0) is 20.8 Å². The molecule has 0 bridgehead atoms. The molecule has 1 atom stereocenters. The van der Waals surface area contributed by atoms with Gasteiger partial charge in [0.15, 0.2) is 12.1 Å². The fraction of sp³-hybridized carbons (Fsp3) is 0.545. The van der Waals surface area contributed by atoms with E-state index in [1.165, 1.54) is 0 Å². The zero-order valence-electron chi connectivity index (χ0n) is 11.0. The van der Waals surface area contributed by atoms with E-state index in [2.05, 4.69) is 9.36 Å². The Kier molecular flexibility index (Phi) is 3.65. The van der Waals surface area contributed by atoms with Crippen molar-refractivity contribution < 1.29 is 14.6 Å². The van der Waals surface area contributed by atoms with Gasteiger partial charge in [-0.15, -0.1) is 0 Å². The molecule has 0 radical (unpaired) electrons. The second kappa shape index (κ2) is 4.82. The van der Waals surface area contributed by atoms with Crippen LogP contribution in [0.3, 0.4) is 0 Å². The summed E-state index contributed by atoms with van der Waals surface area (Å²) < 4.78 is 9.44. The number of amides is 1. The van der Waals surface area contributed by atoms with Crippen molar-refractivity contribution in [2.75, 3.05) is 12.0 Å². The van der Waals surface area contributed by atoms with Gasteiger partial charge in [0, 0.05) is 24.2 Å². The van der Waals surface area contributed by atoms with Gasteiger partial charge in [0.2, 0.25) is 5.13 Å². The van der Waals surface area contributed by atoms with E-state index in [9.17, 15) is 9.90 Å². The van der Waals surface area contributed by atoms with Crippen molar-refractivity contribution in [3.8, 4) is 0 Å². The van der Waals surface area contributed by atoms with Crippen LogP contribution >= 0.6 is 23.1 Å². The number of nitrogens with zero attached hydrogens (tertiary/aromatic N) is 3. The van der Waals surface area contributed by atoms with Crippen molar-refractivity contribution in [2.24, 2.45) is 0 Å². The third kappa shape index (κ3) is 2.27. The number of aliphatic hydroxyl groups excluding tert-OH is 1. The predicted molar refractivity (Wildman–Crippen MR) is 72.0 cm³/mol. The van der Waals surface area contributed by atoms with Gasteiger partial charge < -0.3 is 9.84 Å². The Morgan fingerprint density at radius 3 is 2.63 bits per heavy atom. The highest BCUT2D eigenvalue weighted by Gasteiger charge is 2.39. The van der Waals surface area contributed by atoms with E-state index in [-0.39, 0.29) is 10.9 Å². The van der Waals surface area contributed by atoms with Crippen molar-refractivity contribution in [3.63, 3.8) is 0 Å². The molecule has 1 amide bonds. The Hall–Kier alpha value is -1.02. The molecule has 19 heavy (non-hydrogen) atoms. The SMILES string of the molecule is COC(C)(C)c1nsc(N2C(=O)C(C)=C(Cl)C2O)n1. The molecule has 0 saturated carbocycles. The van der Waals surface area contributed by atoms with Crippen LogP contribution in [0.25, 0.3) is 0 Å². The Morgan fingerprint density at radius 2 is 2.16 bits per heavy atom. The number of halogens is 1. The van der Waals surface area contributed by atoms with E-state index in [1.807, 2.05) is 13.8 Å². The summed E-state index contributed by atoms with van der Waals surface area (Å²) in [6, 6.07) is 0. The van der Waals surface area contributed by atoms with E-state index in [0.717, 1.165) is 16.4 Å². The molecule has 1 aliphatic rings. The molecule has 0 saturated heterocycles. The molecule has 0 aromatic carbocycles. The Labute approximate surface area is 119 Å². The third-order valence-corrected chi connectivity index (χ3v) is 4.23. The topological polar surface area (TPSA) is 75.5 Å². The number of aromatic nitrogens is 2. The van der Waals surface area contributed by atoms with Crippen LogP contribution in [-0.4, -0.2) is 33.7 Å². The number of rotatable bonds is 3. The maximum Gasteiger partial charge on any atom is 0.259 e. The van der Waals surface area contributed by atoms with Crippen LogP contribution in [0.5, 0.6) is 0 Å². The van der Waals surface area contributed by atoms with Gasteiger partial charge in [-0.2, -0.15) is 9.36 Å². The summed E-state index contributed by atoms with van der Waals surface area (Å²) in [6.45, 7) is 5.20. The quantitative estimate of drug-likeness (QED) is 0.918. The highest BCUT2D eigenvalue weighted by molar-refractivity contribution is 7.10. The molecule has 0 fully saturated rings. The van der Waals surface area contributed by atoms with Gasteiger partial charge >= 0.3 is 0 Å². The van der Waals surface area contributed by atoms with Gasteiger partial charge in [0.05, 0.1) is 5.03 Å². The number of anilines is 1. The third-order valence-electron chi connectivity index (χ3n) is 3.04. The average Bonchev–Trinajstić information content (AvgIpc) is 2.92. The molecular formula is C11H14ClN3O3S. The number of aliphatic hydroxyl groups is 1. The summed E-state index contributed by atoms with van der Waals surface area (Å²) in [5.41, 5.74) is -0.341. The minimum atomic E-state index is -1.19. The molecule has 1 N–H and O–H groups in total. The fourth-order valence-electron chi connectivity index (χ4n) is 1.54. The Bertz CT molecular complexity index is 555. The van der Waals surface area contributed by atoms with Crippen molar-refractivity contribution in [2.45, 2.75) is 32.6 Å². The lowest BCUT2D eigenvalue weighted by molar-refractivity contribution is -0.115. The van der Waals surface area contributed by atoms with Gasteiger partial charge in [0.25, 0.3) is 5.91 Å². The highest BCUT2D eigenvalue weighted by atomic mass is 35.5. The van der Waals surface area contributed by atoms with Crippen LogP contribution in [0.1, 0.15) is 26.6 Å². The lowest BCUT2D eigenvalue weighted by Crippen LogP contribution is -2.35. The molecule has 1 aromatic heterocycles. The normalized spacial score (nSPS) is 20.6. The first-order valence-corrected chi connectivity index (χ1v) is 6.72. The standard InChI is InChI=1S/C11H14ClN3O3S/c1-5-6(12)8(17)15(7(5)16)10-13-9(14-19-10)11(2,3)18-4/h8,17H,1-4H3. The highest BCUT2D eigenvalue weighted by Crippen LogP contribution is 2.34. The molecule has 2 rings (SSSR count). The van der Waals surface area contributed by atoms with Crippen LogP contribution in [0.4, 0.5) is 5.13 Å². The minimum Gasteiger partial charge on any atom is -0.371 e. The van der Waals surface area contributed by atoms with Crippen molar-refractivity contribution in [1.29, 1.82) is 0 Å². The summed E-state index contributed by atoms with van der Waals surface area (Å²) >= 11 is 6.89. The number of ether oxygens (including phenoxy) is 1. The van der Waals surface area contributed by atoms with Crippen LogP contribution in [0.2, 0.25) is 0 Å². The molecule has 2 heterocycles. The second-order valence-electron chi connectivity index (χ2n) is 4.64. The Balaban J connectivity index is 2.33. The van der Waals surface area contributed by atoms with E-state index >= 15 is 0 Å². The van der Waals surface area contributed by atoms with E-state index < -0.39 is 11.8 Å². The molecule has 8 heteroatoms. The van der Waals surface area contributed by atoms with Gasteiger partial charge in [-0.1, -0.05) is 11.6 Å². The fourth-order valence-corrected chi connectivity index (χ4v) is 2.55. The number of carbonyl (C=O) groups is 1.